The highest BCUT2D eigenvalue weighted by Gasteiger charge is 2.19. The van der Waals surface area contributed by atoms with E-state index in [1.54, 1.807) is 12.3 Å². The number of aromatic amines is 1. The third-order valence-electron chi connectivity index (χ3n) is 5.71. The van der Waals surface area contributed by atoms with Gasteiger partial charge in [-0.1, -0.05) is 18.6 Å². The summed E-state index contributed by atoms with van der Waals surface area (Å²) in [6.45, 7) is 8.87. The smallest absolute Gasteiger partial charge is 0.254 e. The van der Waals surface area contributed by atoms with Crippen molar-refractivity contribution in [1.29, 1.82) is 0 Å². The molecule has 2 aromatic heterocycles. The van der Waals surface area contributed by atoms with Gasteiger partial charge in [-0.25, -0.2) is 4.98 Å². The van der Waals surface area contributed by atoms with E-state index < -0.39 is 0 Å². The van der Waals surface area contributed by atoms with Crippen molar-refractivity contribution in [2.45, 2.75) is 46.6 Å². The number of fused-ring (bicyclic) bond motifs is 1. The number of H-pyrrole nitrogens is 1. The van der Waals surface area contributed by atoms with Gasteiger partial charge in [0.1, 0.15) is 5.82 Å². The largest absolute Gasteiger partial charge is 0.366 e. The number of pyridine rings is 1. The molecule has 1 amide bonds. The van der Waals surface area contributed by atoms with E-state index in [0.717, 1.165) is 38.2 Å². The van der Waals surface area contributed by atoms with Crippen LogP contribution in [-0.2, 0) is 13.0 Å². The first-order valence-electron chi connectivity index (χ1n) is 10.2. The highest BCUT2D eigenvalue weighted by Crippen LogP contribution is 2.27. The Balaban J connectivity index is 1.56. The molecule has 0 spiro atoms. The summed E-state index contributed by atoms with van der Waals surface area (Å²) in [6, 6.07) is 8.13. The average Bonchev–Trinajstić information content (AvgIpc) is 3.35. The van der Waals surface area contributed by atoms with Gasteiger partial charge in [-0.05, 0) is 62.4 Å². The third kappa shape index (κ3) is 3.49. The Morgan fingerprint density at radius 1 is 1.21 bits per heavy atom. The fraction of sp³-hybridized carbons (Fsp3) is 0.391. The number of aromatic nitrogens is 2. The Hall–Kier alpha value is -2.82. The molecule has 0 bridgehead atoms. The molecule has 3 aromatic rings. The van der Waals surface area contributed by atoms with Crippen LogP contribution in [0, 0.1) is 13.8 Å². The quantitative estimate of drug-likeness (QED) is 0.685. The van der Waals surface area contributed by atoms with Crippen LogP contribution in [0.25, 0.3) is 10.9 Å². The molecule has 28 heavy (non-hydrogen) atoms. The van der Waals surface area contributed by atoms with Crippen molar-refractivity contribution < 1.29 is 4.79 Å². The van der Waals surface area contributed by atoms with Crippen LogP contribution in [0.15, 0.2) is 30.5 Å². The summed E-state index contributed by atoms with van der Waals surface area (Å²) >= 11 is 0. The first-order chi connectivity index (χ1) is 13.6. The van der Waals surface area contributed by atoms with Crippen LogP contribution in [-0.4, -0.2) is 33.9 Å². The number of aryl methyl sites for hydroxylation is 3. The molecule has 0 aliphatic carbocycles. The normalized spacial score (nSPS) is 14.0. The summed E-state index contributed by atoms with van der Waals surface area (Å²) in [7, 11) is 0. The molecule has 1 aromatic carbocycles. The number of rotatable bonds is 5. The lowest BCUT2D eigenvalue weighted by Crippen LogP contribution is -2.27. The lowest BCUT2D eigenvalue weighted by Gasteiger charge is -2.15. The summed E-state index contributed by atoms with van der Waals surface area (Å²) in [5.74, 6) is 0.840. The monoisotopic (exact) mass is 376 g/mol. The zero-order chi connectivity index (χ0) is 19.7. The van der Waals surface area contributed by atoms with Crippen LogP contribution in [0.3, 0.4) is 0 Å². The maximum atomic E-state index is 12.6. The van der Waals surface area contributed by atoms with Crippen LogP contribution in [0.1, 0.15) is 52.5 Å². The summed E-state index contributed by atoms with van der Waals surface area (Å²) in [5.41, 5.74) is 6.99. The molecule has 0 radical (unpaired) electrons. The topological polar surface area (TPSA) is 61.0 Å². The lowest BCUT2D eigenvalue weighted by molar-refractivity contribution is 0.0792. The van der Waals surface area contributed by atoms with Crippen molar-refractivity contribution >= 4 is 22.6 Å². The molecule has 0 unspecified atom stereocenters. The molecule has 1 aliphatic rings. The third-order valence-corrected chi connectivity index (χ3v) is 5.71. The van der Waals surface area contributed by atoms with Gasteiger partial charge in [0.15, 0.2) is 0 Å². The molecule has 0 saturated carbocycles. The van der Waals surface area contributed by atoms with Crippen molar-refractivity contribution in [3.05, 3.63) is 58.4 Å². The van der Waals surface area contributed by atoms with Crippen molar-refractivity contribution in [2.75, 3.05) is 18.4 Å². The van der Waals surface area contributed by atoms with Crippen LogP contribution in [0.4, 0.5) is 5.82 Å². The van der Waals surface area contributed by atoms with Gasteiger partial charge >= 0.3 is 0 Å². The first kappa shape index (κ1) is 18.5. The first-order valence-corrected chi connectivity index (χ1v) is 10.2. The van der Waals surface area contributed by atoms with E-state index in [2.05, 4.69) is 48.2 Å². The number of benzene rings is 1. The minimum atomic E-state index is 0.105. The Morgan fingerprint density at radius 3 is 2.75 bits per heavy atom. The van der Waals surface area contributed by atoms with Crippen molar-refractivity contribution in [2.24, 2.45) is 0 Å². The number of nitrogens with one attached hydrogen (secondary N) is 2. The summed E-state index contributed by atoms with van der Waals surface area (Å²) in [6.07, 6.45) is 4.90. The maximum absolute atomic E-state index is 12.6. The highest BCUT2D eigenvalue weighted by molar-refractivity contribution is 5.95. The van der Waals surface area contributed by atoms with E-state index in [1.807, 2.05) is 11.0 Å². The second-order valence-corrected chi connectivity index (χ2v) is 7.71. The number of likely N-dealkylation sites (tertiary alicyclic amines) is 1. The molecular formula is C23H28N4O. The number of hydrogen-bond acceptors (Lipinski definition) is 3. The fourth-order valence-electron chi connectivity index (χ4n) is 4.15. The summed E-state index contributed by atoms with van der Waals surface area (Å²) in [5, 5.41) is 4.70. The molecule has 146 valence electrons. The molecule has 2 N–H and O–H groups in total. The zero-order valence-corrected chi connectivity index (χ0v) is 16.9. The number of carbonyl (C=O) groups excluding carboxylic acids is 1. The predicted octanol–water partition coefficient (Wildman–Crippen LogP) is 4.59. The number of anilines is 1. The number of amides is 1. The minimum absolute atomic E-state index is 0.105. The molecular weight excluding hydrogens is 348 g/mol. The number of carbonyl (C=O) groups is 1. The van der Waals surface area contributed by atoms with Gasteiger partial charge in [-0.15, -0.1) is 0 Å². The van der Waals surface area contributed by atoms with Gasteiger partial charge < -0.3 is 15.2 Å². The van der Waals surface area contributed by atoms with E-state index >= 15 is 0 Å². The van der Waals surface area contributed by atoms with Crippen LogP contribution in [0.2, 0.25) is 0 Å². The second-order valence-electron chi connectivity index (χ2n) is 7.71. The molecule has 1 fully saturated rings. The molecule has 3 heterocycles. The van der Waals surface area contributed by atoms with Gasteiger partial charge in [-0.2, -0.15) is 0 Å². The SMILES string of the molecule is CCc1[nH]c2c(CNc3cc(C(=O)N4CCCC4)ccn3)cc(C)cc2c1C. The zero-order valence-electron chi connectivity index (χ0n) is 16.9. The Labute approximate surface area is 166 Å². The van der Waals surface area contributed by atoms with Crippen LogP contribution < -0.4 is 5.32 Å². The van der Waals surface area contributed by atoms with Crippen molar-refractivity contribution in [3.63, 3.8) is 0 Å². The van der Waals surface area contributed by atoms with E-state index in [-0.39, 0.29) is 5.91 Å². The van der Waals surface area contributed by atoms with Gasteiger partial charge in [0, 0.05) is 42.5 Å². The van der Waals surface area contributed by atoms with E-state index in [9.17, 15) is 4.79 Å². The molecule has 0 atom stereocenters. The molecule has 5 nitrogen and oxygen atoms in total. The second kappa shape index (κ2) is 7.66. The Kier molecular flexibility index (Phi) is 5.07. The number of nitrogens with zero attached hydrogens (tertiary/aromatic N) is 2. The lowest BCUT2D eigenvalue weighted by atomic mass is 10.0. The molecule has 5 heteroatoms. The van der Waals surface area contributed by atoms with Gasteiger partial charge in [0.25, 0.3) is 5.91 Å². The Bertz CT molecular complexity index is 1010. The molecule has 4 rings (SSSR count). The van der Waals surface area contributed by atoms with Crippen LogP contribution in [0.5, 0.6) is 0 Å². The highest BCUT2D eigenvalue weighted by atomic mass is 16.2. The van der Waals surface area contributed by atoms with Gasteiger partial charge in [0.2, 0.25) is 0 Å². The van der Waals surface area contributed by atoms with Crippen molar-refractivity contribution in [1.82, 2.24) is 14.9 Å². The minimum Gasteiger partial charge on any atom is -0.366 e. The van der Waals surface area contributed by atoms with Crippen LogP contribution >= 0.6 is 0 Å². The summed E-state index contributed by atoms with van der Waals surface area (Å²) in [4.78, 5) is 22.6. The average molecular weight is 377 g/mol. The predicted molar refractivity (Wildman–Crippen MR) is 114 cm³/mol. The fourth-order valence-corrected chi connectivity index (χ4v) is 4.15. The number of hydrogen-bond donors (Lipinski definition) is 2. The standard InChI is InChI=1S/C23H28N4O/c1-4-20-16(3)19-12-15(2)11-18(22(19)26-20)14-25-21-13-17(7-8-24-21)23(28)27-9-5-6-10-27/h7-8,11-13,26H,4-6,9-10,14H2,1-3H3,(H,24,25). The van der Waals surface area contributed by atoms with Crippen molar-refractivity contribution in [3.8, 4) is 0 Å². The Morgan fingerprint density at radius 2 is 2.00 bits per heavy atom. The van der Waals surface area contributed by atoms with Gasteiger partial charge in [0.05, 0.1) is 5.52 Å². The van der Waals surface area contributed by atoms with E-state index in [0.29, 0.717) is 12.1 Å². The maximum Gasteiger partial charge on any atom is 0.254 e. The van der Waals surface area contributed by atoms with Gasteiger partial charge in [-0.3, -0.25) is 4.79 Å². The van der Waals surface area contributed by atoms with E-state index in [4.69, 9.17) is 0 Å². The molecule has 1 saturated heterocycles. The van der Waals surface area contributed by atoms with E-state index in [1.165, 1.54) is 33.3 Å². The summed E-state index contributed by atoms with van der Waals surface area (Å²) < 4.78 is 0. The molecule has 1 aliphatic heterocycles.